The third-order valence-electron chi connectivity index (χ3n) is 0.899. The molecule has 1 rings (SSSR count). The largest absolute Gasteiger partial charge is 0.488 e. The second kappa shape index (κ2) is 2.18. The fourth-order valence-corrected chi connectivity index (χ4v) is 0.687. The summed E-state index contributed by atoms with van der Waals surface area (Å²) in [6.07, 6.45) is 2.49. The van der Waals surface area contributed by atoms with Gasteiger partial charge in [0.1, 0.15) is 0 Å². The third kappa shape index (κ3) is 1.01. The quantitative estimate of drug-likeness (QED) is 0.499. The molecule has 0 unspecified atom stereocenters. The predicted octanol–water partition coefficient (Wildman–Crippen LogP) is 1.06. The van der Waals surface area contributed by atoms with Gasteiger partial charge in [-0.05, 0) is 17.7 Å². The zero-order valence-corrected chi connectivity index (χ0v) is 4.94. The summed E-state index contributed by atoms with van der Waals surface area (Å²) in [7, 11) is 0. The summed E-state index contributed by atoms with van der Waals surface area (Å²) in [4.78, 5) is 10.2. The number of hydrogen-bond acceptors (Lipinski definition) is 2. The van der Waals surface area contributed by atoms with E-state index in [1.807, 2.05) is 0 Å². The first kappa shape index (κ1) is 5.63. The van der Waals surface area contributed by atoms with E-state index in [-0.39, 0.29) is 0 Å². The molecule has 0 N–H and O–H groups in total. The van der Waals surface area contributed by atoms with Crippen LogP contribution in [0.4, 0.5) is 0 Å². The highest BCUT2D eigenvalue weighted by Crippen LogP contribution is 2.10. The molecule has 44 valence electrons. The lowest BCUT2D eigenvalue weighted by Crippen LogP contribution is -1.92. The lowest BCUT2D eigenvalue weighted by molar-refractivity contribution is -0.111. The maximum Gasteiger partial charge on any atom is 0.286 e. The average molecular weight is 133 g/mol. The van der Waals surface area contributed by atoms with Crippen LogP contribution in [-0.2, 0) is 9.53 Å². The Balaban J connectivity index is 2.57. The van der Waals surface area contributed by atoms with Crippen molar-refractivity contribution in [2.75, 3.05) is 6.61 Å². The summed E-state index contributed by atoms with van der Waals surface area (Å²) in [5.41, 5.74) is 0. The van der Waals surface area contributed by atoms with Gasteiger partial charge in [0, 0.05) is 6.42 Å². The summed E-state index contributed by atoms with van der Waals surface area (Å²) in [5, 5.41) is -0.498. The molecule has 0 spiro atoms. The molecule has 0 aromatic carbocycles. The number of carbonyl (C=O) groups excluding carboxylic acids is 1. The van der Waals surface area contributed by atoms with Crippen molar-refractivity contribution in [2.24, 2.45) is 0 Å². The molecule has 0 amide bonds. The lowest BCUT2D eigenvalue weighted by atomic mass is 10.4. The van der Waals surface area contributed by atoms with Gasteiger partial charge in [-0.15, -0.1) is 0 Å². The van der Waals surface area contributed by atoms with Crippen LogP contribution in [-0.4, -0.2) is 11.8 Å². The minimum Gasteiger partial charge on any atom is -0.488 e. The van der Waals surface area contributed by atoms with Crippen molar-refractivity contribution < 1.29 is 9.53 Å². The first-order valence-electron chi connectivity index (χ1n) is 2.33. The van der Waals surface area contributed by atoms with Gasteiger partial charge in [-0.3, -0.25) is 4.79 Å². The van der Waals surface area contributed by atoms with Crippen LogP contribution in [0.15, 0.2) is 11.8 Å². The number of ether oxygens (including phenoxy) is 1. The molecular formula is C5H5ClO2. The SMILES string of the molecule is O=C(Cl)C1=CCCO1. The Labute approximate surface area is 52.1 Å². The predicted molar refractivity (Wildman–Crippen MR) is 29.5 cm³/mol. The average Bonchev–Trinajstić information content (AvgIpc) is 2.12. The Morgan fingerprint density at radius 2 is 2.62 bits per heavy atom. The topological polar surface area (TPSA) is 26.3 Å². The monoisotopic (exact) mass is 132 g/mol. The molecule has 1 aliphatic heterocycles. The molecule has 0 radical (unpaired) electrons. The van der Waals surface area contributed by atoms with E-state index in [0.717, 1.165) is 6.42 Å². The van der Waals surface area contributed by atoms with Gasteiger partial charge in [-0.25, -0.2) is 0 Å². The zero-order valence-electron chi connectivity index (χ0n) is 4.19. The summed E-state index contributed by atoms with van der Waals surface area (Å²) >= 11 is 5.05. The molecule has 8 heavy (non-hydrogen) atoms. The highest BCUT2D eigenvalue weighted by atomic mass is 35.5. The summed E-state index contributed by atoms with van der Waals surface area (Å²) < 4.78 is 4.79. The molecule has 2 nitrogen and oxygen atoms in total. The summed E-state index contributed by atoms with van der Waals surface area (Å²) in [6, 6.07) is 0. The van der Waals surface area contributed by atoms with Gasteiger partial charge >= 0.3 is 0 Å². The molecule has 0 atom stereocenters. The van der Waals surface area contributed by atoms with Gasteiger partial charge in [0.2, 0.25) is 0 Å². The summed E-state index contributed by atoms with van der Waals surface area (Å²) in [5.74, 6) is 0.298. The van der Waals surface area contributed by atoms with Crippen molar-refractivity contribution in [1.29, 1.82) is 0 Å². The number of hydrogen-bond donors (Lipinski definition) is 0. The Hall–Kier alpha value is -0.500. The van der Waals surface area contributed by atoms with E-state index in [2.05, 4.69) is 0 Å². The highest BCUT2D eigenvalue weighted by Gasteiger charge is 2.10. The molecule has 0 aromatic heterocycles. The van der Waals surface area contributed by atoms with Gasteiger partial charge in [0.25, 0.3) is 5.24 Å². The fraction of sp³-hybridized carbons (Fsp3) is 0.400. The molecule has 0 aliphatic carbocycles. The molecule has 0 saturated carbocycles. The number of rotatable bonds is 1. The van der Waals surface area contributed by atoms with E-state index >= 15 is 0 Å². The molecule has 0 saturated heterocycles. The van der Waals surface area contributed by atoms with Gasteiger partial charge in [0.15, 0.2) is 5.76 Å². The van der Waals surface area contributed by atoms with Crippen LogP contribution in [0.2, 0.25) is 0 Å². The second-order valence-electron chi connectivity index (χ2n) is 1.48. The molecular weight excluding hydrogens is 128 g/mol. The number of carbonyl (C=O) groups is 1. The van der Waals surface area contributed by atoms with E-state index in [1.165, 1.54) is 0 Å². The van der Waals surface area contributed by atoms with E-state index < -0.39 is 5.24 Å². The Morgan fingerprint density at radius 1 is 1.88 bits per heavy atom. The number of allylic oxidation sites excluding steroid dienone is 1. The molecule has 0 aromatic rings. The zero-order chi connectivity index (χ0) is 5.98. The number of halogens is 1. The van der Waals surface area contributed by atoms with Crippen LogP contribution >= 0.6 is 11.6 Å². The molecule has 0 fully saturated rings. The Bertz CT molecular complexity index is 139. The van der Waals surface area contributed by atoms with Crippen molar-refractivity contribution in [3.05, 3.63) is 11.8 Å². The molecule has 0 bridgehead atoms. The van der Waals surface area contributed by atoms with Crippen LogP contribution in [0.1, 0.15) is 6.42 Å². The minimum atomic E-state index is -0.498. The van der Waals surface area contributed by atoms with Crippen LogP contribution in [0.25, 0.3) is 0 Å². The maximum absolute atomic E-state index is 10.2. The van der Waals surface area contributed by atoms with E-state index in [9.17, 15) is 4.79 Å². The normalized spacial score (nSPS) is 17.4. The summed E-state index contributed by atoms with van der Waals surface area (Å²) in [6.45, 7) is 0.591. The van der Waals surface area contributed by atoms with Crippen molar-refractivity contribution in [2.45, 2.75) is 6.42 Å². The molecule has 1 heterocycles. The van der Waals surface area contributed by atoms with E-state index in [0.29, 0.717) is 12.4 Å². The second-order valence-corrected chi connectivity index (χ2v) is 1.82. The smallest absolute Gasteiger partial charge is 0.286 e. The molecule has 1 aliphatic rings. The standard InChI is InChI=1S/C5H5ClO2/c6-5(7)4-2-1-3-8-4/h2H,1,3H2. The molecule has 3 heteroatoms. The van der Waals surface area contributed by atoms with Gasteiger partial charge in [-0.1, -0.05) is 0 Å². The van der Waals surface area contributed by atoms with Crippen molar-refractivity contribution in [3.8, 4) is 0 Å². The van der Waals surface area contributed by atoms with E-state index in [4.69, 9.17) is 16.3 Å². The van der Waals surface area contributed by atoms with Gasteiger partial charge in [0.05, 0.1) is 6.61 Å². The van der Waals surface area contributed by atoms with Crippen molar-refractivity contribution in [3.63, 3.8) is 0 Å². The fourth-order valence-electron chi connectivity index (χ4n) is 0.555. The van der Waals surface area contributed by atoms with Crippen LogP contribution < -0.4 is 0 Å². The van der Waals surface area contributed by atoms with Crippen LogP contribution in [0.5, 0.6) is 0 Å². The first-order valence-corrected chi connectivity index (χ1v) is 2.71. The van der Waals surface area contributed by atoms with Crippen molar-refractivity contribution >= 4 is 16.8 Å². The first-order chi connectivity index (χ1) is 3.80. The maximum atomic E-state index is 10.2. The van der Waals surface area contributed by atoms with Crippen LogP contribution in [0.3, 0.4) is 0 Å². The van der Waals surface area contributed by atoms with Crippen molar-refractivity contribution in [1.82, 2.24) is 0 Å². The van der Waals surface area contributed by atoms with E-state index in [1.54, 1.807) is 6.08 Å². The third-order valence-corrected chi connectivity index (χ3v) is 1.09. The van der Waals surface area contributed by atoms with Gasteiger partial charge < -0.3 is 4.74 Å². The highest BCUT2D eigenvalue weighted by molar-refractivity contribution is 6.67. The minimum absolute atomic E-state index is 0.298. The van der Waals surface area contributed by atoms with Crippen LogP contribution in [0, 0.1) is 0 Å². The lowest BCUT2D eigenvalue weighted by Gasteiger charge is -1.92. The van der Waals surface area contributed by atoms with Gasteiger partial charge in [-0.2, -0.15) is 0 Å². The Kier molecular flexibility index (Phi) is 1.53. The Morgan fingerprint density at radius 3 is 2.88 bits per heavy atom.